The minimum absolute atomic E-state index is 0.108. The Morgan fingerprint density at radius 3 is 1.71 bits per heavy atom. The third-order valence-electron chi connectivity index (χ3n) is 14.2. The molecule has 0 aromatic heterocycles. The second kappa shape index (κ2) is 12.6. The maximum Gasteiger partial charge on any atom is 0.0697 e. The van der Waals surface area contributed by atoms with Crippen molar-refractivity contribution in [1.29, 1.82) is 0 Å². The number of fused-ring (bicyclic) bond motifs is 11. The summed E-state index contributed by atoms with van der Waals surface area (Å²) in [7, 11) is 0. The summed E-state index contributed by atoms with van der Waals surface area (Å²) in [6, 6.07) is 55.0. The highest BCUT2D eigenvalue weighted by Gasteiger charge is 2.45. The van der Waals surface area contributed by atoms with Gasteiger partial charge in [0.2, 0.25) is 0 Å². The Kier molecular flexibility index (Phi) is 7.33. The summed E-state index contributed by atoms with van der Waals surface area (Å²) in [4.78, 5) is 4.98. The van der Waals surface area contributed by atoms with Gasteiger partial charge in [0, 0.05) is 34.4 Å². The fourth-order valence-corrected chi connectivity index (χ4v) is 11.4. The third kappa shape index (κ3) is 4.92. The van der Waals surface area contributed by atoms with Crippen molar-refractivity contribution in [3.8, 4) is 22.3 Å². The average molecular weight is 750 g/mol. The molecule has 0 atom stereocenters. The first-order valence-electron chi connectivity index (χ1n) is 21.3. The molecule has 0 saturated heterocycles. The molecule has 0 radical (unpaired) electrons. The largest absolute Gasteiger partial charge is 0.352 e. The van der Waals surface area contributed by atoms with Crippen molar-refractivity contribution in [2.24, 2.45) is 0 Å². The Morgan fingerprint density at radius 1 is 0.500 bits per heavy atom. The second-order valence-corrected chi connectivity index (χ2v) is 17.7. The van der Waals surface area contributed by atoms with Gasteiger partial charge in [-0.1, -0.05) is 130 Å². The van der Waals surface area contributed by atoms with Crippen LogP contribution in [0.2, 0.25) is 0 Å². The minimum atomic E-state index is -0.138. The molecule has 3 heteroatoms. The Balaban J connectivity index is 0.857. The first kappa shape index (κ1) is 33.8. The van der Waals surface area contributed by atoms with Gasteiger partial charge in [-0.2, -0.15) is 0 Å². The van der Waals surface area contributed by atoms with Crippen molar-refractivity contribution in [3.63, 3.8) is 0 Å². The van der Waals surface area contributed by atoms with E-state index in [1.807, 2.05) is 0 Å². The highest BCUT2D eigenvalue weighted by atomic mass is 15.2. The zero-order valence-electron chi connectivity index (χ0n) is 33.4. The summed E-state index contributed by atoms with van der Waals surface area (Å²) in [5, 5.41) is 3.65. The van der Waals surface area contributed by atoms with Crippen LogP contribution in [0.1, 0.15) is 84.9 Å². The molecule has 1 spiro atoms. The van der Waals surface area contributed by atoms with E-state index in [1.165, 1.54) is 123 Å². The molecule has 1 saturated carbocycles. The number of hydrogen-bond donors (Lipinski definition) is 1. The fourth-order valence-electron chi connectivity index (χ4n) is 11.4. The first-order valence-corrected chi connectivity index (χ1v) is 21.3. The number of aryl methyl sites for hydroxylation is 1. The SMILES string of the molecule is CC1(C)c2cc(C=Cc3ccc4c(c3)C3(CCCC3)c3cc(N5CCCc6ccccc65)ccc3-4)ccc2-c2ccc(N3c4ccccc4Nc4ccccc43)cc21. The number of nitrogens with zero attached hydrogens (tertiary/aromatic N) is 2. The molecule has 1 N–H and O–H groups in total. The molecule has 7 aromatic carbocycles. The van der Waals surface area contributed by atoms with Gasteiger partial charge in [-0.15, -0.1) is 0 Å². The molecule has 5 aliphatic rings. The minimum Gasteiger partial charge on any atom is -0.352 e. The molecule has 0 amide bonds. The Morgan fingerprint density at radius 2 is 1.02 bits per heavy atom. The standard InChI is InChI=1S/C55H47N3/c1-54(2)45-32-36(21-25-41(45)42-28-24-40(35-46(42)54)58-52-17-7-4-14-49(52)56-50-15-5-8-18-53(50)58)19-20-37-22-26-43-44-27-23-39(57-31-11-13-38-12-3-6-16-51(38)57)34-48(44)55(47(43)33-37)29-9-10-30-55/h3-8,12,14-28,32-35,56H,9-11,13,29-31H2,1-2H3. The van der Waals surface area contributed by atoms with Gasteiger partial charge in [0.25, 0.3) is 0 Å². The zero-order valence-corrected chi connectivity index (χ0v) is 33.4. The number of nitrogens with one attached hydrogen (secondary N) is 1. The lowest BCUT2D eigenvalue weighted by Crippen LogP contribution is -2.25. The molecule has 1 fully saturated rings. The van der Waals surface area contributed by atoms with Crippen molar-refractivity contribution in [1.82, 2.24) is 0 Å². The van der Waals surface area contributed by atoms with Crippen LogP contribution in [0.5, 0.6) is 0 Å². The number of benzene rings is 7. The summed E-state index contributed by atoms with van der Waals surface area (Å²) in [5.41, 5.74) is 23.9. The van der Waals surface area contributed by atoms with Gasteiger partial charge in [0.15, 0.2) is 0 Å². The Hall–Kier alpha value is -6.32. The molecule has 12 rings (SSSR count). The maximum atomic E-state index is 3.65. The van der Waals surface area contributed by atoms with E-state index < -0.39 is 0 Å². The van der Waals surface area contributed by atoms with Gasteiger partial charge < -0.3 is 15.1 Å². The summed E-state index contributed by atoms with van der Waals surface area (Å²) in [6.45, 7) is 5.87. The monoisotopic (exact) mass is 749 g/mol. The van der Waals surface area contributed by atoms with Crippen molar-refractivity contribution >= 4 is 52.0 Å². The fraction of sp³-hybridized carbons (Fsp3) is 0.200. The second-order valence-electron chi connectivity index (χ2n) is 17.7. The quantitative estimate of drug-likeness (QED) is 0.181. The van der Waals surface area contributed by atoms with E-state index in [4.69, 9.17) is 0 Å². The van der Waals surface area contributed by atoms with Crippen LogP contribution in [0.3, 0.4) is 0 Å². The molecule has 2 heterocycles. The third-order valence-corrected chi connectivity index (χ3v) is 14.2. The van der Waals surface area contributed by atoms with Gasteiger partial charge in [-0.25, -0.2) is 0 Å². The lowest BCUT2D eigenvalue weighted by atomic mass is 9.76. The van der Waals surface area contributed by atoms with Crippen LogP contribution in [0.25, 0.3) is 34.4 Å². The molecule has 3 aliphatic carbocycles. The van der Waals surface area contributed by atoms with E-state index in [2.05, 4.69) is 187 Å². The molecule has 0 bridgehead atoms. The first-order chi connectivity index (χ1) is 28.5. The van der Waals surface area contributed by atoms with Crippen LogP contribution in [-0.4, -0.2) is 6.54 Å². The maximum absolute atomic E-state index is 3.65. The van der Waals surface area contributed by atoms with E-state index in [0.29, 0.717) is 0 Å². The van der Waals surface area contributed by atoms with E-state index in [1.54, 1.807) is 5.56 Å². The summed E-state index contributed by atoms with van der Waals surface area (Å²) in [6.07, 6.45) is 12.1. The highest BCUT2D eigenvalue weighted by molar-refractivity contribution is 5.97. The Bertz CT molecular complexity index is 2810. The van der Waals surface area contributed by atoms with E-state index in [9.17, 15) is 0 Å². The number of rotatable bonds is 4. The van der Waals surface area contributed by atoms with Crippen LogP contribution >= 0.6 is 0 Å². The summed E-state index contributed by atoms with van der Waals surface area (Å²) < 4.78 is 0. The van der Waals surface area contributed by atoms with E-state index >= 15 is 0 Å². The van der Waals surface area contributed by atoms with Crippen molar-refractivity contribution in [3.05, 3.63) is 185 Å². The van der Waals surface area contributed by atoms with Crippen LogP contribution in [0.4, 0.5) is 39.8 Å². The number of hydrogen-bond acceptors (Lipinski definition) is 3. The number of anilines is 7. The molecule has 3 nitrogen and oxygen atoms in total. The molecule has 2 aliphatic heterocycles. The van der Waals surface area contributed by atoms with Crippen LogP contribution in [0.15, 0.2) is 146 Å². The van der Waals surface area contributed by atoms with Crippen LogP contribution in [0, 0.1) is 0 Å². The van der Waals surface area contributed by atoms with Crippen molar-refractivity contribution < 1.29 is 0 Å². The topological polar surface area (TPSA) is 18.5 Å². The molecule has 7 aromatic rings. The van der Waals surface area contributed by atoms with Gasteiger partial charge in [0.05, 0.1) is 22.7 Å². The molecule has 282 valence electrons. The van der Waals surface area contributed by atoms with Crippen LogP contribution < -0.4 is 15.1 Å². The average Bonchev–Trinajstić information content (AvgIpc) is 3.93. The van der Waals surface area contributed by atoms with Crippen molar-refractivity contribution in [2.75, 3.05) is 21.7 Å². The van der Waals surface area contributed by atoms with Gasteiger partial charge in [0.1, 0.15) is 0 Å². The highest BCUT2D eigenvalue weighted by Crippen LogP contribution is 2.58. The van der Waals surface area contributed by atoms with Gasteiger partial charge in [-0.3, -0.25) is 0 Å². The normalized spacial score (nSPS) is 17.3. The number of para-hydroxylation sites is 5. The Labute approximate surface area is 342 Å². The molecule has 0 unspecified atom stereocenters. The zero-order chi connectivity index (χ0) is 38.6. The lowest BCUT2D eigenvalue weighted by Gasteiger charge is -2.34. The predicted octanol–water partition coefficient (Wildman–Crippen LogP) is 14.6. The summed E-state index contributed by atoms with van der Waals surface area (Å²) >= 11 is 0. The lowest BCUT2D eigenvalue weighted by molar-refractivity contribution is 0.549. The molecule has 58 heavy (non-hydrogen) atoms. The smallest absolute Gasteiger partial charge is 0.0697 e. The molecular formula is C55H47N3. The van der Waals surface area contributed by atoms with Gasteiger partial charge >= 0.3 is 0 Å². The molecular weight excluding hydrogens is 703 g/mol. The van der Waals surface area contributed by atoms with Crippen LogP contribution in [-0.2, 0) is 17.3 Å². The predicted molar refractivity (Wildman–Crippen MR) is 244 cm³/mol. The van der Waals surface area contributed by atoms with Crippen molar-refractivity contribution in [2.45, 2.75) is 63.2 Å². The summed E-state index contributed by atoms with van der Waals surface area (Å²) in [5.74, 6) is 0. The van der Waals surface area contributed by atoms with Gasteiger partial charge in [-0.05, 0) is 141 Å². The van der Waals surface area contributed by atoms with E-state index in [-0.39, 0.29) is 10.8 Å². The van der Waals surface area contributed by atoms with E-state index in [0.717, 1.165) is 17.9 Å².